The van der Waals surface area contributed by atoms with E-state index in [1.807, 2.05) is 11.8 Å². The summed E-state index contributed by atoms with van der Waals surface area (Å²) in [5.41, 5.74) is 0. The van der Waals surface area contributed by atoms with Crippen LogP contribution in [0.15, 0.2) is 0 Å². The van der Waals surface area contributed by atoms with Crippen molar-refractivity contribution in [3.63, 3.8) is 0 Å². The Bertz CT molecular complexity index is 261. The molecule has 1 atom stereocenters. The van der Waals surface area contributed by atoms with Crippen LogP contribution in [0.1, 0.15) is 26.7 Å². The van der Waals surface area contributed by atoms with Crippen molar-refractivity contribution >= 4 is 27.7 Å². The number of likely N-dealkylation sites (tertiary alicyclic amines) is 1. The molecule has 0 aromatic carbocycles. The van der Waals surface area contributed by atoms with Gasteiger partial charge in [-0.15, -0.1) is 0 Å². The Balaban J connectivity index is 2.28. The molecule has 0 spiro atoms. The van der Waals surface area contributed by atoms with E-state index in [2.05, 4.69) is 21.2 Å². The third kappa shape index (κ3) is 4.12. The SMILES string of the molecule is CC(=O)NCC1CCN(C(=O)C(C)Br)CC1. The van der Waals surface area contributed by atoms with Gasteiger partial charge in [0.2, 0.25) is 11.8 Å². The monoisotopic (exact) mass is 290 g/mol. The van der Waals surface area contributed by atoms with Crippen molar-refractivity contribution in [2.75, 3.05) is 19.6 Å². The third-order valence-corrected chi connectivity index (χ3v) is 3.30. The highest BCUT2D eigenvalue weighted by Gasteiger charge is 2.24. The van der Waals surface area contributed by atoms with E-state index in [1.165, 1.54) is 6.92 Å². The summed E-state index contributed by atoms with van der Waals surface area (Å²) in [6.07, 6.45) is 1.96. The highest BCUT2D eigenvalue weighted by atomic mass is 79.9. The van der Waals surface area contributed by atoms with Gasteiger partial charge in [0.05, 0.1) is 4.83 Å². The van der Waals surface area contributed by atoms with Gasteiger partial charge in [0.15, 0.2) is 0 Å². The lowest BCUT2D eigenvalue weighted by atomic mass is 9.96. The molecule has 1 N–H and O–H groups in total. The minimum Gasteiger partial charge on any atom is -0.356 e. The van der Waals surface area contributed by atoms with Crippen molar-refractivity contribution < 1.29 is 9.59 Å². The summed E-state index contributed by atoms with van der Waals surface area (Å²) >= 11 is 3.29. The third-order valence-electron chi connectivity index (χ3n) is 2.91. The van der Waals surface area contributed by atoms with Crippen molar-refractivity contribution in [1.29, 1.82) is 0 Å². The molecular formula is C11H19BrN2O2. The van der Waals surface area contributed by atoms with Crippen LogP contribution in [-0.4, -0.2) is 41.2 Å². The molecule has 1 saturated heterocycles. The second-order valence-electron chi connectivity index (χ2n) is 4.32. The molecule has 1 fully saturated rings. The van der Waals surface area contributed by atoms with E-state index in [9.17, 15) is 9.59 Å². The minimum atomic E-state index is -0.0978. The fraction of sp³-hybridized carbons (Fsp3) is 0.818. The molecule has 0 radical (unpaired) electrons. The molecule has 0 bridgehead atoms. The zero-order chi connectivity index (χ0) is 12.1. The Kier molecular flexibility index (Phi) is 5.25. The maximum Gasteiger partial charge on any atom is 0.236 e. The van der Waals surface area contributed by atoms with Crippen LogP contribution in [0.2, 0.25) is 0 Å². The van der Waals surface area contributed by atoms with Gasteiger partial charge in [0.1, 0.15) is 0 Å². The molecule has 0 saturated carbocycles. The van der Waals surface area contributed by atoms with E-state index in [0.717, 1.165) is 32.5 Å². The van der Waals surface area contributed by atoms with Crippen molar-refractivity contribution in [2.24, 2.45) is 5.92 Å². The Morgan fingerprint density at radius 1 is 1.44 bits per heavy atom. The Morgan fingerprint density at radius 3 is 2.44 bits per heavy atom. The first-order chi connectivity index (χ1) is 7.50. The van der Waals surface area contributed by atoms with Gasteiger partial charge in [-0.2, -0.15) is 0 Å². The van der Waals surface area contributed by atoms with Gasteiger partial charge in [-0.3, -0.25) is 9.59 Å². The summed E-state index contributed by atoms with van der Waals surface area (Å²) in [5.74, 6) is 0.698. The second-order valence-corrected chi connectivity index (χ2v) is 5.70. The van der Waals surface area contributed by atoms with E-state index < -0.39 is 0 Å². The summed E-state index contributed by atoms with van der Waals surface area (Å²) in [7, 11) is 0. The molecule has 2 amide bonds. The fourth-order valence-corrected chi connectivity index (χ4v) is 2.19. The van der Waals surface area contributed by atoms with E-state index in [4.69, 9.17) is 0 Å². The normalized spacial score (nSPS) is 19.3. The zero-order valence-corrected chi connectivity index (χ0v) is 11.4. The second kappa shape index (κ2) is 6.23. The van der Waals surface area contributed by atoms with Crippen molar-refractivity contribution in [3.05, 3.63) is 0 Å². The van der Waals surface area contributed by atoms with Gasteiger partial charge in [0, 0.05) is 26.6 Å². The number of nitrogens with one attached hydrogen (secondary N) is 1. The number of rotatable bonds is 3. The van der Waals surface area contributed by atoms with Crippen LogP contribution >= 0.6 is 15.9 Å². The Labute approximate surface area is 105 Å². The van der Waals surface area contributed by atoms with Crippen LogP contribution in [0.3, 0.4) is 0 Å². The summed E-state index contributed by atoms with van der Waals surface area (Å²) in [5, 5.41) is 2.83. The number of halogens is 1. The molecule has 1 aliphatic rings. The number of hydrogen-bond donors (Lipinski definition) is 1. The molecule has 5 heteroatoms. The van der Waals surface area contributed by atoms with Gasteiger partial charge in [-0.25, -0.2) is 0 Å². The summed E-state index contributed by atoms with van der Waals surface area (Å²) < 4.78 is 0. The van der Waals surface area contributed by atoms with Crippen molar-refractivity contribution in [2.45, 2.75) is 31.5 Å². The smallest absolute Gasteiger partial charge is 0.236 e. The number of hydrogen-bond acceptors (Lipinski definition) is 2. The Morgan fingerprint density at radius 2 is 2.00 bits per heavy atom. The maximum atomic E-state index is 11.7. The van der Waals surface area contributed by atoms with E-state index in [-0.39, 0.29) is 16.6 Å². The molecule has 4 nitrogen and oxygen atoms in total. The minimum absolute atomic E-state index is 0.0209. The molecule has 1 aliphatic heterocycles. The van der Waals surface area contributed by atoms with Gasteiger partial charge in [-0.1, -0.05) is 15.9 Å². The average molecular weight is 291 g/mol. The lowest BCUT2D eigenvalue weighted by molar-refractivity contribution is -0.131. The predicted octanol–water partition coefficient (Wildman–Crippen LogP) is 1.14. The highest BCUT2D eigenvalue weighted by molar-refractivity contribution is 9.10. The van der Waals surface area contributed by atoms with Crippen molar-refractivity contribution in [3.8, 4) is 0 Å². The number of piperidine rings is 1. The molecule has 0 aromatic rings. The van der Waals surface area contributed by atoms with Gasteiger partial charge >= 0.3 is 0 Å². The standard InChI is InChI=1S/C11H19BrN2O2/c1-8(12)11(16)14-5-3-10(4-6-14)7-13-9(2)15/h8,10H,3-7H2,1-2H3,(H,13,15). The average Bonchev–Trinajstić information content (AvgIpc) is 2.26. The van der Waals surface area contributed by atoms with Crippen molar-refractivity contribution in [1.82, 2.24) is 10.2 Å². The summed E-state index contributed by atoms with van der Waals surface area (Å²) in [6.45, 7) is 5.73. The quantitative estimate of drug-likeness (QED) is 0.793. The van der Waals surface area contributed by atoms with Crippen LogP contribution in [0.25, 0.3) is 0 Å². The predicted molar refractivity (Wildman–Crippen MR) is 66.4 cm³/mol. The molecule has 1 unspecified atom stereocenters. The molecule has 16 heavy (non-hydrogen) atoms. The first-order valence-electron chi connectivity index (χ1n) is 5.68. The van der Waals surface area contributed by atoms with E-state index in [0.29, 0.717) is 5.92 Å². The number of amides is 2. The zero-order valence-electron chi connectivity index (χ0n) is 9.83. The molecule has 92 valence electrons. The first-order valence-corrected chi connectivity index (χ1v) is 6.59. The van der Waals surface area contributed by atoms with Gasteiger partial charge in [0.25, 0.3) is 0 Å². The molecule has 0 aromatic heterocycles. The Hall–Kier alpha value is -0.580. The van der Waals surface area contributed by atoms with E-state index >= 15 is 0 Å². The number of alkyl halides is 1. The summed E-state index contributed by atoms with van der Waals surface area (Å²) in [6, 6.07) is 0. The summed E-state index contributed by atoms with van der Waals surface area (Å²) in [4.78, 5) is 24.2. The van der Waals surface area contributed by atoms with Crippen LogP contribution in [0.5, 0.6) is 0 Å². The topological polar surface area (TPSA) is 49.4 Å². The van der Waals surface area contributed by atoms with Crippen LogP contribution in [-0.2, 0) is 9.59 Å². The highest BCUT2D eigenvalue weighted by Crippen LogP contribution is 2.18. The number of carbonyl (C=O) groups excluding carboxylic acids is 2. The van der Waals surface area contributed by atoms with Crippen LogP contribution < -0.4 is 5.32 Å². The number of carbonyl (C=O) groups is 2. The lowest BCUT2D eigenvalue weighted by Crippen LogP contribution is -2.43. The fourth-order valence-electron chi connectivity index (χ4n) is 1.90. The van der Waals surface area contributed by atoms with Gasteiger partial charge in [-0.05, 0) is 25.7 Å². The van der Waals surface area contributed by atoms with Gasteiger partial charge < -0.3 is 10.2 Å². The van der Waals surface area contributed by atoms with E-state index in [1.54, 1.807) is 0 Å². The molecular weight excluding hydrogens is 272 g/mol. The van der Waals surface area contributed by atoms with Crippen LogP contribution in [0, 0.1) is 5.92 Å². The maximum absolute atomic E-state index is 11.7. The molecule has 1 rings (SSSR count). The molecule has 1 heterocycles. The largest absolute Gasteiger partial charge is 0.356 e. The van der Waals surface area contributed by atoms with Crippen LogP contribution in [0.4, 0.5) is 0 Å². The first kappa shape index (κ1) is 13.5. The number of nitrogens with zero attached hydrogens (tertiary/aromatic N) is 1. The lowest BCUT2D eigenvalue weighted by Gasteiger charge is -2.32. The molecule has 0 aliphatic carbocycles.